The molecule has 3 heterocycles. The van der Waals surface area contributed by atoms with Crippen molar-refractivity contribution in [1.82, 2.24) is 9.55 Å². The topological polar surface area (TPSA) is 211 Å². The Morgan fingerprint density at radius 2 is 1.40 bits per heavy atom. The Hall–Kier alpha value is -3.06. The van der Waals surface area contributed by atoms with Crippen molar-refractivity contribution >= 4 is 29.4 Å². The van der Waals surface area contributed by atoms with E-state index in [0.717, 1.165) is 53.4 Å². The maximum Gasteiger partial charge on any atom is 1.00 e. The molecule has 0 bridgehead atoms. The van der Waals surface area contributed by atoms with Crippen molar-refractivity contribution in [2.24, 2.45) is 0 Å². The average molecular weight is 1060 g/mol. The summed E-state index contributed by atoms with van der Waals surface area (Å²) in [6.45, 7) is 2.30. The number of hydrogen-bond acceptors (Lipinski definition) is 10. The smallest absolute Gasteiger partial charge is 1.00 e. The molecule has 1 aliphatic rings. The van der Waals surface area contributed by atoms with Crippen LogP contribution in [0.1, 0.15) is 27.7 Å². The van der Waals surface area contributed by atoms with Gasteiger partial charge in [-0.1, -0.05) is 12.1 Å². The standard InChI is InChI=1S/C12H14FNO.C11H6F2N2O3.C6H2F3NO2.C5H5NO.CH2O3.2Cs.H2.H/c1-9-5-6-11(10(13)8-9)14-7-3-2-4-12(14)15;12-7-1-4-11(16)14(6-7)10-3-2-8(15(17)18)5-9(10)13;7-3-1-5(9)6(10(11)12)2-4(3)8;7-5-3-1-2-4-6-5;2-1-4-3;;;;/h5-6,8H,2-4,7H2,1H3;1-6H;1-2H;1-4H,(H,6,7);1,3H;;;1H;/q;;;;;2*+1;;-1/p-1. The van der Waals surface area contributed by atoms with Crippen LogP contribution in [0.15, 0.2) is 101 Å². The van der Waals surface area contributed by atoms with Crippen molar-refractivity contribution in [1.29, 1.82) is 0 Å². The van der Waals surface area contributed by atoms with Gasteiger partial charge in [-0.15, -0.1) is 0 Å². The number of benzene rings is 3. The number of carbonyl (C=O) groups excluding carboxylic acids is 2. The number of nitro benzene ring substituents is 2. The number of H-pyrrole nitrogens is 1. The molecule has 0 atom stereocenters. The molecular formula is C35H31Cs2F6N5O10. The van der Waals surface area contributed by atoms with Crippen LogP contribution in [-0.2, 0) is 14.5 Å². The number of aromatic nitrogens is 2. The van der Waals surface area contributed by atoms with Gasteiger partial charge in [0.1, 0.15) is 11.6 Å². The summed E-state index contributed by atoms with van der Waals surface area (Å²) in [6, 6.07) is 14.9. The SMILES string of the molecule is Cc1ccc(N2CCCCC2=O)c(F)c1.O=CO[O-].O=[N+]([O-])c1cc(F)c(F)cc1F.O=c1ccc(F)cn1-c1ccc([N+](=O)[O-])cc1F.O=c1cccc[nH]1.[Cs+].[Cs+].[H-].[HH]. The Labute approximate surface area is 444 Å². The number of hydrogen-bond donors (Lipinski definition) is 1. The third-order valence-corrected chi connectivity index (χ3v) is 6.90. The van der Waals surface area contributed by atoms with Crippen LogP contribution in [0.3, 0.4) is 0 Å². The molecule has 1 aliphatic heterocycles. The van der Waals surface area contributed by atoms with Crippen molar-refractivity contribution in [3.05, 3.63) is 173 Å². The van der Waals surface area contributed by atoms with Gasteiger partial charge in [-0.3, -0.25) is 44.0 Å². The van der Waals surface area contributed by atoms with Gasteiger partial charge in [-0.05, 0) is 55.7 Å². The molecule has 1 fully saturated rings. The van der Waals surface area contributed by atoms with Crippen molar-refractivity contribution in [3.63, 3.8) is 0 Å². The zero-order valence-electron chi connectivity index (χ0n) is 31.7. The van der Waals surface area contributed by atoms with Crippen LogP contribution in [0, 0.1) is 62.1 Å². The summed E-state index contributed by atoms with van der Waals surface area (Å²) in [7, 11) is 0. The second-order valence-corrected chi connectivity index (χ2v) is 10.8. The maximum absolute atomic E-state index is 13.6. The zero-order chi connectivity index (χ0) is 41.9. The number of nitro groups is 2. The van der Waals surface area contributed by atoms with Crippen molar-refractivity contribution in [2.45, 2.75) is 26.2 Å². The number of aromatic amines is 1. The number of halogens is 6. The summed E-state index contributed by atoms with van der Waals surface area (Å²) in [6.07, 6.45) is 4.82. The Morgan fingerprint density at radius 3 is 1.90 bits per heavy atom. The van der Waals surface area contributed by atoms with Gasteiger partial charge in [0.05, 0.1) is 33.4 Å². The van der Waals surface area contributed by atoms with E-state index in [-0.39, 0.29) is 182 Å². The van der Waals surface area contributed by atoms with E-state index in [1.54, 1.807) is 29.3 Å². The van der Waals surface area contributed by atoms with E-state index in [1.165, 1.54) is 12.1 Å². The molecule has 15 nitrogen and oxygen atoms in total. The molecule has 58 heavy (non-hydrogen) atoms. The van der Waals surface area contributed by atoms with E-state index >= 15 is 0 Å². The third-order valence-electron chi connectivity index (χ3n) is 6.90. The molecule has 0 saturated carbocycles. The molecular weight excluding hydrogens is 1030 g/mol. The number of carbonyl (C=O) groups is 2. The Bertz CT molecular complexity index is 2280. The monoisotopic (exact) mass is 1060 g/mol. The number of nitrogens with zero attached hydrogens (tertiary/aromatic N) is 4. The largest absolute Gasteiger partial charge is 1.00 e. The van der Waals surface area contributed by atoms with Gasteiger partial charge < -0.3 is 21.5 Å². The second kappa shape index (κ2) is 28.4. The number of piperidine rings is 1. The fourth-order valence-corrected chi connectivity index (χ4v) is 4.37. The Kier molecular flexibility index (Phi) is 26.9. The summed E-state index contributed by atoms with van der Waals surface area (Å²) < 4.78 is 77.9. The molecule has 300 valence electrons. The van der Waals surface area contributed by atoms with Gasteiger partial charge in [0, 0.05) is 51.1 Å². The van der Waals surface area contributed by atoms with E-state index in [9.17, 15) is 61.0 Å². The van der Waals surface area contributed by atoms with Gasteiger partial charge >= 0.3 is 143 Å². The van der Waals surface area contributed by atoms with E-state index in [4.69, 9.17) is 10.1 Å². The molecule has 0 unspecified atom stereocenters. The first-order valence-electron chi connectivity index (χ1n) is 15.5. The molecule has 5 aromatic rings. The fraction of sp³-hybridized carbons (Fsp3) is 0.143. The molecule has 2 aromatic heterocycles. The van der Waals surface area contributed by atoms with Crippen LogP contribution < -0.4 is 159 Å². The van der Waals surface area contributed by atoms with Gasteiger partial charge in [0.2, 0.25) is 17.3 Å². The van der Waals surface area contributed by atoms with Crippen LogP contribution in [0.2, 0.25) is 0 Å². The molecule has 0 radical (unpaired) electrons. The van der Waals surface area contributed by atoms with E-state index in [1.807, 2.05) is 13.0 Å². The minimum absolute atomic E-state index is 0. The maximum atomic E-state index is 13.6. The molecule has 6 rings (SSSR count). The predicted octanol–water partition coefficient (Wildman–Crippen LogP) is -0.137. The predicted molar refractivity (Wildman–Crippen MR) is 186 cm³/mol. The molecule has 0 aliphatic carbocycles. The number of pyridine rings is 2. The van der Waals surface area contributed by atoms with Crippen LogP contribution in [-0.4, -0.2) is 38.3 Å². The molecule has 1 N–H and O–H groups in total. The quantitative estimate of drug-likeness (QED) is 0.0616. The average Bonchev–Trinajstić information content (AvgIpc) is 3.16. The first-order chi connectivity index (χ1) is 26.5. The van der Waals surface area contributed by atoms with E-state index in [0.29, 0.717) is 24.7 Å². The molecule has 1 amide bonds. The molecule has 23 heteroatoms. The number of amides is 1. The summed E-state index contributed by atoms with van der Waals surface area (Å²) in [5.74, 6) is -6.24. The molecule has 0 spiro atoms. The Balaban J connectivity index is -0.000000709. The first kappa shape index (κ1) is 54.9. The van der Waals surface area contributed by atoms with Crippen molar-refractivity contribution < 1.29 is 197 Å². The number of rotatable bonds is 5. The van der Waals surface area contributed by atoms with Crippen LogP contribution in [0.25, 0.3) is 5.69 Å². The van der Waals surface area contributed by atoms with Gasteiger partial charge in [-0.25, -0.2) is 22.0 Å². The molecule has 1 saturated heterocycles. The summed E-state index contributed by atoms with van der Waals surface area (Å²) >= 11 is 0. The minimum atomic E-state index is -1.45. The number of anilines is 1. The van der Waals surface area contributed by atoms with Gasteiger partial charge in [-0.2, -0.15) is 4.39 Å². The Morgan fingerprint density at radius 1 is 0.776 bits per heavy atom. The fourth-order valence-electron chi connectivity index (χ4n) is 4.37. The van der Waals surface area contributed by atoms with E-state index in [2.05, 4.69) is 9.87 Å². The van der Waals surface area contributed by atoms with E-state index < -0.39 is 55.9 Å². The second-order valence-electron chi connectivity index (χ2n) is 10.8. The third kappa shape index (κ3) is 18.5. The number of non-ortho nitro benzene ring substituents is 1. The van der Waals surface area contributed by atoms with Crippen LogP contribution in [0.5, 0.6) is 0 Å². The normalized spacial score (nSPS) is 11.0. The number of aryl methyl sites for hydroxylation is 1. The van der Waals surface area contributed by atoms with Gasteiger partial charge in [0.15, 0.2) is 17.5 Å². The van der Waals surface area contributed by atoms with Gasteiger partial charge in [0.25, 0.3) is 17.7 Å². The first-order valence-corrected chi connectivity index (χ1v) is 15.5. The van der Waals surface area contributed by atoms with Crippen LogP contribution in [0.4, 0.5) is 43.4 Å². The van der Waals surface area contributed by atoms with Crippen LogP contribution >= 0.6 is 0 Å². The summed E-state index contributed by atoms with van der Waals surface area (Å²) in [5.41, 5.74) is -1.16. The summed E-state index contributed by atoms with van der Waals surface area (Å²) in [4.78, 5) is 67.0. The zero-order valence-corrected chi connectivity index (χ0v) is 43.3. The minimum Gasteiger partial charge on any atom is -1.00 e. The van der Waals surface area contributed by atoms with Crippen molar-refractivity contribution in [2.75, 3.05) is 11.4 Å². The summed E-state index contributed by atoms with van der Waals surface area (Å²) in [5, 5.41) is 28.8. The molecule has 3 aromatic carbocycles. The number of nitrogens with one attached hydrogen (secondary N) is 1. The van der Waals surface area contributed by atoms with Crippen molar-refractivity contribution in [3.8, 4) is 5.69 Å².